The van der Waals surface area contributed by atoms with E-state index in [1.807, 2.05) is 48.5 Å². The lowest BCUT2D eigenvalue weighted by Crippen LogP contribution is -2.32. The Morgan fingerprint density at radius 1 is 0.605 bits per heavy atom. The molecule has 6 aromatic rings. The summed E-state index contributed by atoms with van der Waals surface area (Å²) in [4.78, 5) is 37.9. The zero-order valence-electron chi connectivity index (χ0n) is 23.2. The van der Waals surface area contributed by atoms with Crippen molar-refractivity contribution < 1.29 is 10.2 Å². The highest BCUT2D eigenvalue weighted by atomic mass is 32.2. The standard InChI is InChI=1S/C33H26N4O4S2/c1-42-32-34-28(38)26(30(40)36(32)21-14-5-3-6-15-21)25(24-19-11-13-20-12-9-10-18-23(20)24)27-29(39)35-33(43-2)37(31(27)41)22-16-7-4-8-17-22/h3-19,25,38-39H,1-2H3. The number of para-hydroxylation sites is 2. The van der Waals surface area contributed by atoms with Crippen LogP contribution in [0.4, 0.5) is 0 Å². The van der Waals surface area contributed by atoms with Gasteiger partial charge in [0, 0.05) is 0 Å². The van der Waals surface area contributed by atoms with E-state index in [0.717, 1.165) is 10.8 Å². The van der Waals surface area contributed by atoms with Crippen LogP contribution in [0.15, 0.2) is 123 Å². The molecule has 0 atom stereocenters. The molecule has 0 bridgehead atoms. The molecule has 10 heteroatoms. The molecule has 4 aromatic carbocycles. The van der Waals surface area contributed by atoms with Crippen LogP contribution in [0.3, 0.4) is 0 Å². The van der Waals surface area contributed by atoms with Crippen LogP contribution >= 0.6 is 23.5 Å². The summed E-state index contributed by atoms with van der Waals surface area (Å²) in [5.41, 5.74) is 0.190. The molecule has 0 spiro atoms. The molecule has 0 radical (unpaired) electrons. The van der Waals surface area contributed by atoms with E-state index in [2.05, 4.69) is 9.97 Å². The fourth-order valence-electron chi connectivity index (χ4n) is 5.35. The number of aromatic hydroxyl groups is 2. The van der Waals surface area contributed by atoms with Gasteiger partial charge in [-0.15, -0.1) is 0 Å². The quantitative estimate of drug-likeness (QED) is 0.169. The van der Waals surface area contributed by atoms with E-state index in [-0.39, 0.29) is 21.4 Å². The molecule has 0 unspecified atom stereocenters. The van der Waals surface area contributed by atoms with E-state index in [1.165, 1.54) is 32.7 Å². The molecule has 0 saturated heterocycles. The summed E-state index contributed by atoms with van der Waals surface area (Å²) in [6.07, 6.45) is 3.52. The minimum Gasteiger partial charge on any atom is -0.493 e. The van der Waals surface area contributed by atoms with Crippen LogP contribution in [-0.4, -0.2) is 41.8 Å². The highest BCUT2D eigenvalue weighted by molar-refractivity contribution is 7.98. The van der Waals surface area contributed by atoms with Gasteiger partial charge in [0.1, 0.15) is 0 Å². The number of hydrogen-bond acceptors (Lipinski definition) is 8. The van der Waals surface area contributed by atoms with Crippen LogP contribution in [0.25, 0.3) is 22.1 Å². The molecule has 214 valence electrons. The zero-order chi connectivity index (χ0) is 30.1. The van der Waals surface area contributed by atoms with Crippen molar-refractivity contribution in [1.29, 1.82) is 0 Å². The predicted octanol–water partition coefficient (Wildman–Crippen LogP) is 5.97. The molecule has 2 heterocycles. The lowest BCUT2D eigenvalue weighted by Gasteiger charge is -2.23. The van der Waals surface area contributed by atoms with E-state index in [0.29, 0.717) is 16.9 Å². The number of rotatable bonds is 7. The Bertz CT molecular complexity index is 1960. The smallest absolute Gasteiger partial charge is 0.266 e. The molecular weight excluding hydrogens is 581 g/mol. The Morgan fingerprint density at radius 3 is 1.53 bits per heavy atom. The summed E-state index contributed by atoms with van der Waals surface area (Å²) in [5.74, 6) is -2.28. The van der Waals surface area contributed by atoms with E-state index in [4.69, 9.17) is 0 Å². The van der Waals surface area contributed by atoms with Gasteiger partial charge >= 0.3 is 0 Å². The summed E-state index contributed by atoms with van der Waals surface area (Å²) in [5, 5.41) is 25.1. The van der Waals surface area contributed by atoms with E-state index >= 15 is 0 Å². The molecule has 0 saturated carbocycles. The third-order valence-electron chi connectivity index (χ3n) is 7.24. The molecule has 2 N–H and O–H groups in total. The third-order valence-corrected chi connectivity index (χ3v) is 8.52. The van der Waals surface area contributed by atoms with Gasteiger partial charge in [0.25, 0.3) is 11.1 Å². The van der Waals surface area contributed by atoms with E-state index in [9.17, 15) is 19.8 Å². The number of nitrogens with zero attached hydrogens (tertiary/aromatic N) is 4. The van der Waals surface area contributed by atoms with Gasteiger partial charge in [0.15, 0.2) is 10.3 Å². The zero-order valence-corrected chi connectivity index (χ0v) is 24.8. The second-order valence-corrected chi connectivity index (χ2v) is 11.2. The lowest BCUT2D eigenvalue weighted by molar-refractivity contribution is 0.420. The van der Waals surface area contributed by atoms with Crippen LogP contribution in [-0.2, 0) is 0 Å². The van der Waals surface area contributed by atoms with Gasteiger partial charge in [-0.1, -0.05) is 102 Å². The molecule has 0 amide bonds. The maximum absolute atomic E-state index is 14.5. The molecule has 8 nitrogen and oxygen atoms in total. The van der Waals surface area contributed by atoms with Gasteiger partial charge < -0.3 is 10.2 Å². The SMILES string of the molecule is CSc1nc(O)c(C(c2c(O)nc(SC)n(-c3ccccc3)c2=O)c2cccc3ccccc23)c(=O)n1-c1ccccc1. The van der Waals surface area contributed by atoms with Crippen LogP contribution in [0, 0.1) is 0 Å². The fourth-order valence-corrected chi connectivity index (χ4v) is 6.45. The Balaban J connectivity index is 1.77. The molecule has 43 heavy (non-hydrogen) atoms. The topological polar surface area (TPSA) is 110 Å². The van der Waals surface area contributed by atoms with Gasteiger partial charge in [-0.05, 0) is 53.1 Å². The van der Waals surface area contributed by atoms with Crippen molar-refractivity contribution in [2.45, 2.75) is 16.2 Å². The Labute approximate surface area is 255 Å². The molecule has 0 aliphatic heterocycles. The van der Waals surface area contributed by atoms with Gasteiger partial charge in [-0.2, -0.15) is 9.97 Å². The molecule has 0 aliphatic rings. The number of hydrogen-bond donors (Lipinski definition) is 2. The van der Waals surface area contributed by atoms with Crippen LogP contribution < -0.4 is 11.1 Å². The Hall–Kier alpha value is -4.80. The van der Waals surface area contributed by atoms with Crippen molar-refractivity contribution in [3.8, 4) is 23.1 Å². The number of aromatic nitrogens is 4. The molecule has 0 aliphatic carbocycles. The highest BCUT2D eigenvalue weighted by Crippen LogP contribution is 2.40. The summed E-state index contributed by atoms with van der Waals surface area (Å²) < 4.78 is 2.82. The minimum atomic E-state index is -1.22. The monoisotopic (exact) mass is 606 g/mol. The summed E-state index contributed by atoms with van der Waals surface area (Å²) in [6, 6.07) is 31.0. The Kier molecular flexibility index (Phi) is 7.79. The highest BCUT2D eigenvalue weighted by Gasteiger charge is 2.34. The lowest BCUT2D eigenvalue weighted by atomic mass is 9.84. The molecule has 0 fully saturated rings. The minimum absolute atomic E-state index is 0.149. The van der Waals surface area contributed by atoms with Crippen molar-refractivity contribution in [2.75, 3.05) is 12.5 Å². The first-order chi connectivity index (χ1) is 20.9. The van der Waals surface area contributed by atoms with Crippen molar-refractivity contribution in [1.82, 2.24) is 19.1 Å². The second kappa shape index (κ2) is 11.8. The first-order valence-corrected chi connectivity index (χ1v) is 15.8. The van der Waals surface area contributed by atoms with E-state index < -0.39 is 28.8 Å². The Morgan fingerprint density at radius 2 is 1.05 bits per heavy atom. The predicted molar refractivity (Wildman–Crippen MR) is 171 cm³/mol. The van der Waals surface area contributed by atoms with Crippen LogP contribution in [0.5, 0.6) is 11.8 Å². The van der Waals surface area contributed by atoms with Crippen LogP contribution in [0.1, 0.15) is 22.6 Å². The third kappa shape index (κ3) is 4.98. The number of fused-ring (bicyclic) bond motifs is 1. The number of benzene rings is 4. The van der Waals surface area contributed by atoms with Crippen molar-refractivity contribution in [3.05, 3.63) is 141 Å². The van der Waals surface area contributed by atoms with Crippen molar-refractivity contribution in [3.63, 3.8) is 0 Å². The number of thioether (sulfide) groups is 2. The normalized spacial score (nSPS) is 11.3. The molecule has 6 rings (SSSR count). The summed E-state index contributed by atoms with van der Waals surface area (Å²) >= 11 is 2.41. The fraction of sp³-hybridized carbons (Fsp3) is 0.0909. The summed E-state index contributed by atoms with van der Waals surface area (Å²) in [7, 11) is 0. The van der Waals surface area contributed by atoms with Crippen molar-refractivity contribution in [2.24, 2.45) is 0 Å². The molecule has 2 aromatic heterocycles. The molecular formula is C33H26N4O4S2. The first kappa shape index (κ1) is 28.3. The maximum atomic E-state index is 14.5. The average molecular weight is 607 g/mol. The first-order valence-electron chi connectivity index (χ1n) is 13.3. The average Bonchev–Trinajstić information content (AvgIpc) is 3.04. The second-order valence-electron chi connectivity index (χ2n) is 9.63. The van der Waals surface area contributed by atoms with E-state index in [1.54, 1.807) is 67.1 Å². The van der Waals surface area contributed by atoms with Gasteiger partial charge in [0.05, 0.1) is 28.4 Å². The van der Waals surface area contributed by atoms with Gasteiger partial charge in [-0.3, -0.25) is 18.7 Å². The largest absolute Gasteiger partial charge is 0.493 e. The van der Waals surface area contributed by atoms with Crippen LogP contribution in [0.2, 0.25) is 0 Å². The van der Waals surface area contributed by atoms with Crippen molar-refractivity contribution >= 4 is 34.3 Å². The maximum Gasteiger partial charge on any atom is 0.266 e. The van der Waals surface area contributed by atoms with Gasteiger partial charge in [0.2, 0.25) is 11.8 Å². The van der Waals surface area contributed by atoms with Gasteiger partial charge in [-0.25, -0.2) is 0 Å². The summed E-state index contributed by atoms with van der Waals surface area (Å²) in [6.45, 7) is 0.